The van der Waals surface area contributed by atoms with Gasteiger partial charge in [0.05, 0.1) is 6.04 Å². The number of piperidine rings is 1. The van der Waals surface area contributed by atoms with E-state index in [1.165, 1.54) is 13.3 Å². The zero-order chi connectivity index (χ0) is 17.0. The summed E-state index contributed by atoms with van der Waals surface area (Å²) in [6, 6.07) is 0.253. The van der Waals surface area contributed by atoms with Crippen LogP contribution in [-0.4, -0.2) is 82.5 Å². The molecule has 2 amide bonds. The number of nitrogens with zero attached hydrogens (tertiary/aromatic N) is 3. The molecule has 0 bridgehead atoms. The molecular weight excluding hydrogens is 294 g/mol. The van der Waals surface area contributed by atoms with Crippen LogP contribution in [0.1, 0.15) is 46.5 Å². The van der Waals surface area contributed by atoms with Crippen molar-refractivity contribution < 1.29 is 14.7 Å². The normalized spacial score (nSPS) is 26.0. The van der Waals surface area contributed by atoms with Gasteiger partial charge in [-0.1, -0.05) is 6.92 Å². The van der Waals surface area contributed by atoms with Crippen LogP contribution in [0.2, 0.25) is 0 Å². The van der Waals surface area contributed by atoms with E-state index in [4.69, 9.17) is 0 Å². The molecule has 0 aromatic heterocycles. The Morgan fingerprint density at radius 2 is 1.70 bits per heavy atom. The first-order chi connectivity index (χ1) is 11.0. The summed E-state index contributed by atoms with van der Waals surface area (Å²) in [5.74, 6) is 0.0116. The van der Waals surface area contributed by atoms with Gasteiger partial charge in [0.25, 0.3) is 5.91 Å². The number of rotatable bonds is 4. The minimum Gasteiger partial charge on any atom is -0.384 e. The van der Waals surface area contributed by atoms with Crippen LogP contribution in [0.5, 0.6) is 0 Å². The maximum absolute atomic E-state index is 12.9. The van der Waals surface area contributed by atoms with E-state index in [0.29, 0.717) is 32.2 Å². The van der Waals surface area contributed by atoms with E-state index >= 15 is 0 Å². The second-order valence-electron chi connectivity index (χ2n) is 6.80. The number of piperazine rings is 1. The van der Waals surface area contributed by atoms with Crippen molar-refractivity contribution in [2.45, 2.75) is 64.6 Å². The third-order valence-corrected chi connectivity index (χ3v) is 5.27. The van der Waals surface area contributed by atoms with Crippen molar-refractivity contribution >= 4 is 11.8 Å². The van der Waals surface area contributed by atoms with Crippen LogP contribution in [0.25, 0.3) is 0 Å². The third-order valence-electron chi connectivity index (χ3n) is 5.27. The third kappa shape index (κ3) is 4.23. The van der Waals surface area contributed by atoms with Gasteiger partial charge in [0.1, 0.15) is 6.10 Å². The smallest absolute Gasteiger partial charge is 0.251 e. The first kappa shape index (κ1) is 18.2. The highest BCUT2D eigenvalue weighted by molar-refractivity contribution is 5.82. The van der Waals surface area contributed by atoms with E-state index in [0.717, 1.165) is 25.8 Å². The summed E-state index contributed by atoms with van der Waals surface area (Å²) >= 11 is 0. The Bertz CT molecular complexity index is 419. The van der Waals surface area contributed by atoms with Crippen molar-refractivity contribution in [2.75, 3.05) is 32.7 Å². The van der Waals surface area contributed by atoms with Crippen LogP contribution in [-0.2, 0) is 9.59 Å². The van der Waals surface area contributed by atoms with E-state index < -0.39 is 6.10 Å². The van der Waals surface area contributed by atoms with Gasteiger partial charge >= 0.3 is 0 Å². The quantitative estimate of drug-likeness (QED) is 0.826. The van der Waals surface area contributed by atoms with E-state index in [1.54, 1.807) is 4.90 Å². The summed E-state index contributed by atoms with van der Waals surface area (Å²) in [6.45, 7) is 9.06. The molecule has 0 radical (unpaired) electrons. The number of amides is 2. The lowest BCUT2D eigenvalue weighted by Gasteiger charge is -2.42. The molecule has 0 aromatic rings. The van der Waals surface area contributed by atoms with Gasteiger partial charge in [-0.3, -0.25) is 14.5 Å². The molecule has 6 heteroatoms. The molecule has 2 saturated heterocycles. The summed E-state index contributed by atoms with van der Waals surface area (Å²) in [6.07, 6.45) is 3.52. The van der Waals surface area contributed by atoms with Crippen molar-refractivity contribution in [1.82, 2.24) is 14.7 Å². The zero-order valence-corrected chi connectivity index (χ0v) is 14.7. The second kappa shape index (κ2) is 8.11. The molecule has 1 N–H and O–H groups in total. The number of hydrogen-bond donors (Lipinski definition) is 1. The lowest BCUT2D eigenvalue weighted by molar-refractivity contribution is -0.144. The first-order valence-electron chi connectivity index (χ1n) is 8.97. The van der Waals surface area contributed by atoms with Crippen molar-refractivity contribution in [3.63, 3.8) is 0 Å². The molecular formula is C17H31N3O3. The summed E-state index contributed by atoms with van der Waals surface area (Å²) < 4.78 is 0. The molecule has 2 rings (SSSR count). The van der Waals surface area contributed by atoms with Crippen molar-refractivity contribution in [3.8, 4) is 0 Å². The predicted octanol–water partition coefficient (Wildman–Crippen LogP) is 0.691. The molecule has 6 nitrogen and oxygen atoms in total. The summed E-state index contributed by atoms with van der Waals surface area (Å²) in [5.41, 5.74) is 0. The topological polar surface area (TPSA) is 64.1 Å². The predicted molar refractivity (Wildman–Crippen MR) is 88.9 cm³/mol. The Morgan fingerprint density at radius 1 is 1.04 bits per heavy atom. The van der Waals surface area contributed by atoms with Crippen molar-refractivity contribution in [1.29, 1.82) is 0 Å². The number of aliphatic hydroxyl groups is 1. The summed E-state index contributed by atoms with van der Waals surface area (Å²) in [5, 5.41) is 9.40. The Hall–Kier alpha value is -1.14. The summed E-state index contributed by atoms with van der Waals surface area (Å²) in [4.78, 5) is 30.6. The zero-order valence-electron chi connectivity index (χ0n) is 14.7. The highest BCUT2D eigenvalue weighted by atomic mass is 16.3. The van der Waals surface area contributed by atoms with Crippen LogP contribution in [0.15, 0.2) is 0 Å². The fourth-order valence-electron chi connectivity index (χ4n) is 3.71. The maximum Gasteiger partial charge on any atom is 0.251 e. The van der Waals surface area contributed by atoms with Crippen LogP contribution >= 0.6 is 0 Å². The van der Waals surface area contributed by atoms with Gasteiger partial charge in [0.2, 0.25) is 5.91 Å². The minimum absolute atomic E-state index is 0.133. The number of hydrogen-bond acceptors (Lipinski definition) is 4. The Kier molecular flexibility index (Phi) is 6.41. The average molecular weight is 325 g/mol. The standard InChI is InChI=1S/C17H31N3O3/c1-4-15-7-5-6-8-20(15)16(22)13(2)18-9-11-19(12-10-18)17(23)14(3)21/h13-15,21H,4-12H2,1-3H3. The lowest BCUT2D eigenvalue weighted by atomic mass is 9.99. The number of carbonyl (C=O) groups is 2. The van der Waals surface area contributed by atoms with E-state index in [1.807, 2.05) is 6.92 Å². The average Bonchev–Trinajstić information content (AvgIpc) is 2.59. The molecule has 0 aliphatic carbocycles. The molecule has 3 unspecified atom stereocenters. The molecule has 3 atom stereocenters. The van der Waals surface area contributed by atoms with Crippen LogP contribution < -0.4 is 0 Å². The van der Waals surface area contributed by atoms with Crippen molar-refractivity contribution in [2.24, 2.45) is 0 Å². The van der Waals surface area contributed by atoms with Crippen LogP contribution in [0, 0.1) is 0 Å². The minimum atomic E-state index is -0.945. The van der Waals surface area contributed by atoms with Gasteiger partial charge in [-0.15, -0.1) is 0 Å². The van der Waals surface area contributed by atoms with Gasteiger partial charge in [-0.25, -0.2) is 0 Å². The Morgan fingerprint density at radius 3 is 2.26 bits per heavy atom. The lowest BCUT2D eigenvalue weighted by Crippen LogP contribution is -2.58. The molecule has 2 fully saturated rings. The largest absolute Gasteiger partial charge is 0.384 e. The fraction of sp³-hybridized carbons (Fsp3) is 0.882. The molecule has 0 aromatic carbocycles. The molecule has 2 heterocycles. The fourth-order valence-corrected chi connectivity index (χ4v) is 3.71. The van der Waals surface area contributed by atoms with Gasteiger partial charge < -0.3 is 14.9 Å². The van der Waals surface area contributed by atoms with E-state index in [-0.39, 0.29) is 17.9 Å². The van der Waals surface area contributed by atoms with Gasteiger partial charge in [0, 0.05) is 38.8 Å². The second-order valence-corrected chi connectivity index (χ2v) is 6.80. The van der Waals surface area contributed by atoms with Gasteiger partial charge in [-0.05, 0) is 39.5 Å². The van der Waals surface area contributed by atoms with E-state index in [9.17, 15) is 14.7 Å². The molecule has 23 heavy (non-hydrogen) atoms. The molecule has 2 aliphatic rings. The van der Waals surface area contributed by atoms with Crippen LogP contribution in [0.3, 0.4) is 0 Å². The molecule has 0 saturated carbocycles. The first-order valence-corrected chi connectivity index (χ1v) is 8.97. The Labute approximate surface area is 139 Å². The monoisotopic (exact) mass is 325 g/mol. The molecule has 2 aliphatic heterocycles. The Balaban J connectivity index is 1.90. The van der Waals surface area contributed by atoms with Crippen molar-refractivity contribution in [3.05, 3.63) is 0 Å². The SMILES string of the molecule is CCC1CCCCN1C(=O)C(C)N1CCN(C(=O)C(C)O)CC1. The highest BCUT2D eigenvalue weighted by Gasteiger charge is 2.33. The summed E-state index contributed by atoms with van der Waals surface area (Å²) in [7, 11) is 0. The number of likely N-dealkylation sites (tertiary alicyclic amines) is 1. The van der Waals surface area contributed by atoms with Crippen LogP contribution in [0.4, 0.5) is 0 Å². The van der Waals surface area contributed by atoms with Gasteiger partial charge in [-0.2, -0.15) is 0 Å². The number of carbonyl (C=O) groups excluding carboxylic acids is 2. The molecule has 132 valence electrons. The van der Waals surface area contributed by atoms with E-state index in [2.05, 4.69) is 16.7 Å². The highest BCUT2D eigenvalue weighted by Crippen LogP contribution is 2.21. The van der Waals surface area contributed by atoms with Gasteiger partial charge in [0.15, 0.2) is 0 Å². The maximum atomic E-state index is 12.9. The number of aliphatic hydroxyl groups excluding tert-OH is 1. The molecule has 0 spiro atoms.